The van der Waals surface area contributed by atoms with Crippen molar-refractivity contribution in [1.29, 1.82) is 0 Å². The molecule has 8 nitrogen and oxygen atoms in total. The van der Waals surface area contributed by atoms with E-state index in [2.05, 4.69) is 25.6 Å². The number of benzene rings is 1. The van der Waals surface area contributed by atoms with Crippen LogP contribution in [0.25, 0.3) is 11.2 Å². The van der Waals surface area contributed by atoms with Gasteiger partial charge in [0, 0.05) is 18.2 Å². The zero-order chi connectivity index (χ0) is 21.8. The summed E-state index contributed by atoms with van der Waals surface area (Å²) < 4.78 is 25.1. The van der Waals surface area contributed by atoms with Crippen LogP contribution in [0.2, 0.25) is 0 Å². The van der Waals surface area contributed by atoms with Crippen LogP contribution in [0, 0.1) is 12.8 Å². The highest BCUT2D eigenvalue weighted by Gasteiger charge is 2.30. The molecule has 2 fully saturated rings. The van der Waals surface area contributed by atoms with Gasteiger partial charge in [-0.2, -0.15) is 0 Å². The molecule has 2 saturated carbocycles. The van der Waals surface area contributed by atoms with E-state index in [1.165, 1.54) is 12.7 Å². The minimum atomic E-state index is -3.45. The van der Waals surface area contributed by atoms with Gasteiger partial charge in [-0.1, -0.05) is 12.5 Å². The fourth-order valence-electron chi connectivity index (χ4n) is 3.93. The van der Waals surface area contributed by atoms with Crippen LogP contribution in [0.15, 0.2) is 29.2 Å². The standard InChI is InChI=1S/C22H25N5O3S/c1-12-23-20-17(11-19(26-21(20)24-12)27-22(28)14-6-7-14)25-16-9-8-15(13-4-3-5-13)10-18(16)31(2,29)30/h8-11,13-14H,3-7H2,1-2H3,(H3,23,24,25,26,27,28). The number of anilines is 3. The maximum atomic E-state index is 12.6. The number of hydrogen-bond donors (Lipinski definition) is 3. The number of fused-ring (bicyclic) bond motifs is 1. The van der Waals surface area contributed by atoms with Crippen molar-refractivity contribution in [1.82, 2.24) is 15.0 Å². The van der Waals surface area contributed by atoms with Crippen molar-refractivity contribution in [3.05, 3.63) is 35.7 Å². The lowest BCUT2D eigenvalue weighted by Gasteiger charge is -2.26. The lowest BCUT2D eigenvalue weighted by atomic mass is 9.80. The number of nitrogens with one attached hydrogen (secondary N) is 3. The van der Waals surface area contributed by atoms with Crippen molar-refractivity contribution in [2.75, 3.05) is 16.9 Å². The Morgan fingerprint density at radius 2 is 1.87 bits per heavy atom. The van der Waals surface area contributed by atoms with Gasteiger partial charge in [-0.05, 0) is 56.2 Å². The molecule has 0 saturated heterocycles. The third kappa shape index (κ3) is 4.01. The van der Waals surface area contributed by atoms with E-state index in [1.54, 1.807) is 12.1 Å². The van der Waals surface area contributed by atoms with E-state index in [9.17, 15) is 13.2 Å². The SMILES string of the molecule is Cc1nc2c(Nc3ccc(C4CCC4)cc3S(C)(=O)=O)cc(NC(=O)C3CC3)nc2[nH]1. The number of aryl methyl sites for hydroxylation is 1. The topological polar surface area (TPSA) is 117 Å². The van der Waals surface area contributed by atoms with Crippen LogP contribution >= 0.6 is 0 Å². The van der Waals surface area contributed by atoms with Crippen LogP contribution in [0.3, 0.4) is 0 Å². The molecule has 9 heteroatoms. The number of rotatable bonds is 6. The summed E-state index contributed by atoms with van der Waals surface area (Å²) in [4.78, 5) is 24.5. The van der Waals surface area contributed by atoms with E-state index in [0.29, 0.717) is 40.1 Å². The highest BCUT2D eigenvalue weighted by molar-refractivity contribution is 7.90. The number of pyridine rings is 1. The van der Waals surface area contributed by atoms with Crippen LogP contribution in [-0.4, -0.2) is 35.5 Å². The first-order valence-corrected chi connectivity index (χ1v) is 12.5. The summed E-state index contributed by atoms with van der Waals surface area (Å²) in [6, 6.07) is 7.29. The molecule has 3 N–H and O–H groups in total. The molecule has 2 aliphatic carbocycles. The van der Waals surface area contributed by atoms with Crippen LogP contribution in [-0.2, 0) is 14.6 Å². The molecule has 5 rings (SSSR count). The molecule has 0 radical (unpaired) electrons. The van der Waals surface area contributed by atoms with E-state index in [1.807, 2.05) is 19.1 Å². The van der Waals surface area contributed by atoms with Gasteiger partial charge in [-0.25, -0.2) is 18.4 Å². The third-order valence-corrected chi connectivity index (χ3v) is 7.16. The normalized spacial score (nSPS) is 16.8. The molecule has 2 heterocycles. The maximum Gasteiger partial charge on any atom is 0.228 e. The summed E-state index contributed by atoms with van der Waals surface area (Å²) in [6.45, 7) is 1.82. The number of imidazole rings is 1. The van der Waals surface area contributed by atoms with E-state index < -0.39 is 9.84 Å². The minimum absolute atomic E-state index is 0.0456. The van der Waals surface area contributed by atoms with Gasteiger partial charge in [0.15, 0.2) is 15.5 Å². The Morgan fingerprint density at radius 1 is 1.10 bits per heavy atom. The molecule has 2 aliphatic rings. The Hall–Kier alpha value is -2.94. The zero-order valence-corrected chi connectivity index (χ0v) is 18.3. The Bertz CT molecular complexity index is 1290. The summed E-state index contributed by atoms with van der Waals surface area (Å²) >= 11 is 0. The molecule has 0 unspecified atom stereocenters. The molecule has 0 atom stereocenters. The summed E-state index contributed by atoms with van der Waals surface area (Å²) in [5.41, 5.74) is 3.25. The molecule has 1 aromatic carbocycles. The number of nitrogens with zero attached hydrogens (tertiary/aromatic N) is 2. The fourth-order valence-corrected chi connectivity index (χ4v) is 4.80. The quantitative estimate of drug-likeness (QED) is 0.534. The predicted octanol–water partition coefficient (Wildman–Crippen LogP) is 4.03. The number of amides is 1. The second kappa shape index (κ2) is 7.33. The van der Waals surface area contributed by atoms with Gasteiger partial charge in [-0.15, -0.1) is 0 Å². The molecule has 162 valence electrons. The Labute approximate surface area is 180 Å². The van der Waals surface area contributed by atoms with Crippen molar-refractivity contribution in [2.24, 2.45) is 5.92 Å². The smallest absolute Gasteiger partial charge is 0.228 e. The number of sulfone groups is 1. The van der Waals surface area contributed by atoms with Gasteiger partial charge >= 0.3 is 0 Å². The van der Waals surface area contributed by atoms with Gasteiger partial charge in [0.05, 0.1) is 16.3 Å². The molecule has 0 bridgehead atoms. The molecule has 2 aromatic heterocycles. The first-order valence-electron chi connectivity index (χ1n) is 10.6. The van der Waals surface area contributed by atoms with Gasteiger partial charge in [-0.3, -0.25) is 4.79 Å². The maximum absolute atomic E-state index is 12.6. The second-order valence-electron chi connectivity index (χ2n) is 8.62. The minimum Gasteiger partial charge on any atom is -0.352 e. The predicted molar refractivity (Wildman–Crippen MR) is 119 cm³/mol. The first-order chi connectivity index (χ1) is 14.8. The van der Waals surface area contributed by atoms with Gasteiger partial charge in [0.2, 0.25) is 5.91 Å². The fraction of sp³-hybridized carbons (Fsp3) is 0.409. The summed E-state index contributed by atoms with van der Waals surface area (Å²) in [5.74, 6) is 1.52. The van der Waals surface area contributed by atoms with Crippen molar-refractivity contribution in [2.45, 2.75) is 49.8 Å². The van der Waals surface area contributed by atoms with E-state index in [4.69, 9.17) is 0 Å². The summed E-state index contributed by atoms with van der Waals surface area (Å²) in [6.07, 6.45) is 6.39. The van der Waals surface area contributed by atoms with Crippen LogP contribution in [0.5, 0.6) is 0 Å². The summed E-state index contributed by atoms with van der Waals surface area (Å²) in [5, 5.41) is 6.10. The molecule has 3 aromatic rings. The average Bonchev–Trinajstić information content (AvgIpc) is 3.43. The largest absolute Gasteiger partial charge is 0.352 e. The monoisotopic (exact) mass is 439 g/mol. The second-order valence-corrected chi connectivity index (χ2v) is 10.6. The van der Waals surface area contributed by atoms with Crippen molar-refractivity contribution >= 4 is 44.1 Å². The van der Waals surface area contributed by atoms with Crippen molar-refractivity contribution < 1.29 is 13.2 Å². The number of carbonyl (C=O) groups is 1. The van der Waals surface area contributed by atoms with Gasteiger partial charge in [0.25, 0.3) is 0 Å². The van der Waals surface area contributed by atoms with Gasteiger partial charge < -0.3 is 15.6 Å². The van der Waals surface area contributed by atoms with Crippen LogP contribution < -0.4 is 10.6 Å². The number of hydrogen-bond acceptors (Lipinski definition) is 6. The number of H-pyrrole nitrogens is 1. The highest BCUT2D eigenvalue weighted by Crippen LogP contribution is 2.39. The van der Waals surface area contributed by atoms with Crippen LogP contribution in [0.4, 0.5) is 17.2 Å². The summed E-state index contributed by atoms with van der Waals surface area (Å²) in [7, 11) is -3.45. The number of aromatic nitrogens is 3. The van der Waals surface area contributed by atoms with Gasteiger partial charge in [0.1, 0.15) is 17.2 Å². The van der Waals surface area contributed by atoms with E-state index in [0.717, 1.165) is 31.2 Å². The average molecular weight is 440 g/mol. The first kappa shape index (κ1) is 20.0. The Kier molecular flexibility index (Phi) is 4.73. The molecular weight excluding hydrogens is 414 g/mol. The molecule has 0 aliphatic heterocycles. The molecular formula is C22H25N5O3S. The Morgan fingerprint density at radius 3 is 2.52 bits per heavy atom. The number of carbonyl (C=O) groups excluding carboxylic acids is 1. The Balaban J connectivity index is 1.55. The highest BCUT2D eigenvalue weighted by atomic mass is 32.2. The lowest BCUT2D eigenvalue weighted by Crippen LogP contribution is -2.14. The van der Waals surface area contributed by atoms with Crippen molar-refractivity contribution in [3.63, 3.8) is 0 Å². The lowest BCUT2D eigenvalue weighted by molar-refractivity contribution is -0.117. The van der Waals surface area contributed by atoms with E-state index >= 15 is 0 Å². The zero-order valence-electron chi connectivity index (χ0n) is 17.5. The van der Waals surface area contributed by atoms with Crippen molar-refractivity contribution in [3.8, 4) is 0 Å². The molecule has 1 amide bonds. The third-order valence-electron chi connectivity index (χ3n) is 6.02. The molecule has 31 heavy (non-hydrogen) atoms. The van der Waals surface area contributed by atoms with Crippen LogP contribution in [0.1, 0.15) is 49.4 Å². The number of aromatic amines is 1. The molecule has 0 spiro atoms. The van der Waals surface area contributed by atoms with E-state index in [-0.39, 0.29) is 16.7 Å².